The SMILES string of the molecule is CC1(C)C2C=CC=CC2C2C=CC3=C(C4=C(CCC=C4)c4ccccc4N3C3CC=C(C4N=C(C5=CC=CCC5)NC(C5=CC=CCC5)=N4)CC3)C21. The van der Waals surface area contributed by atoms with E-state index < -0.39 is 0 Å². The van der Waals surface area contributed by atoms with E-state index in [1.165, 1.54) is 39.2 Å². The molecule has 0 amide bonds. The van der Waals surface area contributed by atoms with Gasteiger partial charge in [0.1, 0.15) is 11.7 Å². The lowest BCUT2D eigenvalue weighted by molar-refractivity contribution is 0.229. The molecule has 2 aliphatic heterocycles. The van der Waals surface area contributed by atoms with E-state index >= 15 is 0 Å². The fourth-order valence-electron chi connectivity index (χ4n) is 10.9. The molecule has 2 heterocycles. The molecule has 0 saturated heterocycles. The normalized spacial score (nSPS) is 31.3. The van der Waals surface area contributed by atoms with Crippen LogP contribution in [-0.2, 0) is 0 Å². The largest absolute Gasteiger partial charge is 0.337 e. The van der Waals surface area contributed by atoms with Crippen molar-refractivity contribution in [3.8, 4) is 0 Å². The number of amidine groups is 2. The standard InChI is InChI=1S/C48H50N4/c1-48(2)40-23-13-11-20-36(40)39-29-30-42-43(44(39)48)38-22-10-9-19-35(38)37-21-12-14-24-41(37)52(42)34-27-25-33(26-28-34)47-50-45(31-15-5-3-6-16-31)49-46(51-47)32-17-7-4-8-18-32/h3-5,7,10-15,17,20-25,29-30,34,36,39-40,44,47H,6,8-9,16,18-19,26-28H2,1-2H3,(H,49,50,51). The Balaban J connectivity index is 1.05. The molecule has 1 N–H and O–H groups in total. The minimum atomic E-state index is -0.171. The van der Waals surface area contributed by atoms with Crippen LogP contribution in [0.5, 0.6) is 0 Å². The van der Waals surface area contributed by atoms with Crippen LogP contribution >= 0.6 is 0 Å². The molecule has 0 spiro atoms. The number of rotatable bonds is 4. The van der Waals surface area contributed by atoms with Gasteiger partial charge >= 0.3 is 0 Å². The van der Waals surface area contributed by atoms with Crippen molar-refractivity contribution in [2.24, 2.45) is 39.1 Å². The summed E-state index contributed by atoms with van der Waals surface area (Å²) in [6.45, 7) is 5.10. The number of hydrogen-bond acceptors (Lipinski definition) is 4. The second-order valence-corrected chi connectivity index (χ2v) is 16.6. The van der Waals surface area contributed by atoms with Crippen LogP contribution in [0.2, 0.25) is 0 Å². The zero-order valence-electron chi connectivity index (χ0n) is 30.6. The Morgan fingerprint density at radius 3 is 2.25 bits per heavy atom. The predicted octanol–water partition coefficient (Wildman–Crippen LogP) is 10.8. The second-order valence-electron chi connectivity index (χ2n) is 16.6. The van der Waals surface area contributed by atoms with Crippen LogP contribution < -0.4 is 10.2 Å². The van der Waals surface area contributed by atoms with Gasteiger partial charge in [0.2, 0.25) is 0 Å². The van der Waals surface area contributed by atoms with Gasteiger partial charge in [0.25, 0.3) is 0 Å². The van der Waals surface area contributed by atoms with Crippen LogP contribution in [0.3, 0.4) is 0 Å². The first-order valence-electron chi connectivity index (χ1n) is 20.0. The van der Waals surface area contributed by atoms with Gasteiger partial charge in [-0.1, -0.05) is 117 Å². The molecule has 1 aromatic carbocycles. The molecular weight excluding hydrogens is 633 g/mol. The number of para-hydroxylation sites is 1. The molecule has 1 fully saturated rings. The number of allylic oxidation sites excluding steroid dienone is 17. The van der Waals surface area contributed by atoms with Gasteiger partial charge in [0, 0.05) is 23.0 Å². The summed E-state index contributed by atoms with van der Waals surface area (Å²) in [5.74, 6) is 4.07. The summed E-state index contributed by atoms with van der Waals surface area (Å²) in [5, 5.41) is 3.67. The maximum atomic E-state index is 5.31. The predicted molar refractivity (Wildman–Crippen MR) is 217 cm³/mol. The molecule has 1 saturated carbocycles. The monoisotopic (exact) mass is 682 g/mol. The van der Waals surface area contributed by atoms with Crippen LogP contribution in [0, 0.1) is 29.1 Å². The molecule has 1 aromatic rings. The number of nitrogens with one attached hydrogen (secondary N) is 1. The lowest BCUT2D eigenvalue weighted by Gasteiger charge is -2.43. The van der Waals surface area contributed by atoms with Crippen LogP contribution in [-0.4, -0.2) is 23.9 Å². The number of fused-ring (bicyclic) bond motifs is 7. The maximum absolute atomic E-state index is 5.31. The van der Waals surface area contributed by atoms with Crippen LogP contribution in [0.1, 0.15) is 77.2 Å². The smallest absolute Gasteiger partial charge is 0.165 e. The van der Waals surface area contributed by atoms with Crippen molar-refractivity contribution in [2.75, 3.05) is 4.90 Å². The van der Waals surface area contributed by atoms with E-state index in [-0.39, 0.29) is 11.6 Å². The third-order valence-corrected chi connectivity index (χ3v) is 13.4. The summed E-state index contributed by atoms with van der Waals surface area (Å²) in [6.07, 6.45) is 44.7. The van der Waals surface area contributed by atoms with Crippen molar-refractivity contribution in [3.05, 3.63) is 155 Å². The molecule has 4 nitrogen and oxygen atoms in total. The topological polar surface area (TPSA) is 40.0 Å². The first kappa shape index (κ1) is 32.0. The van der Waals surface area contributed by atoms with E-state index in [4.69, 9.17) is 9.98 Å². The van der Waals surface area contributed by atoms with Crippen molar-refractivity contribution in [1.82, 2.24) is 5.32 Å². The lowest BCUT2D eigenvalue weighted by atomic mass is 9.66. The highest BCUT2D eigenvalue weighted by Gasteiger charge is 2.56. The molecule has 0 aromatic heterocycles. The average molecular weight is 683 g/mol. The first-order chi connectivity index (χ1) is 25.6. The molecule has 5 atom stereocenters. The number of aliphatic imine (C=N–C) groups is 2. The Labute approximate surface area is 309 Å². The molecule has 5 unspecified atom stereocenters. The molecular formula is C48H50N4. The number of nitrogens with zero attached hydrogens (tertiary/aromatic N) is 3. The summed E-state index contributed by atoms with van der Waals surface area (Å²) in [7, 11) is 0. The minimum Gasteiger partial charge on any atom is -0.337 e. The average Bonchev–Trinajstić information content (AvgIpc) is 3.36. The molecule has 0 radical (unpaired) electrons. The van der Waals surface area contributed by atoms with E-state index in [0.717, 1.165) is 69.5 Å². The van der Waals surface area contributed by atoms with Crippen molar-refractivity contribution >= 4 is 22.9 Å². The van der Waals surface area contributed by atoms with Gasteiger partial charge < -0.3 is 10.2 Å². The van der Waals surface area contributed by atoms with Crippen molar-refractivity contribution in [1.29, 1.82) is 0 Å². The summed E-state index contributed by atoms with van der Waals surface area (Å²) < 4.78 is 0. The van der Waals surface area contributed by atoms with E-state index in [2.05, 4.69) is 139 Å². The Morgan fingerprint density at radius 1 is 0.769 bits per heavy atom. The molecule has 10 rings (SSSR count). The zero-order valence-corrected chi connectivity index (χ0v) is 30.6. The van der Waals surface area contributed by atoms with Crippen molar-refractivity contribution in [3.63, 3.8) is 0 Å². The highest BCUT2D eigenvalue weighted by molar-refractivity contribution is 6.16. The van der Waals surface area contributed by atoms with Gasteiger partial charge in [0.15, 0.2) is 6.17 Å². The Kier molecular flexibility index (Phi) is 7.85. The fraction of sp³-hybridized carbons (Fsp3) is 0.375. The molecule has 52 heavy (non-hydrogen) atoms. The number of benzene rings is 1. The van der Waals surface area contributed by atoms with Crippen LogP contribution in [0.25, 0.3) is 5.57 Å². The number of hydrogen-bond donors (Lipinski definition) is 1. The van der Waals surface area contributed by atoms with E-state index in [0.29, 0.717) is 29.7 Å². The van der Waals surface area contributed by atoms with Gasteiger partial charge in [-0.3, -0.25) is 0 Å². The Bertz CT molecular complexity index is 2060. The molecule has 262 valence electrons. The molecule has 0 bridgehead atoms. The highest BCUT2D eigenvalue weighted by Crippen LogP contribution is 2.63. The van der Waals surface area contributed by atoms with Gasteiger partial charge in [-0.05, 0) is 132 Å². The first-order valence-corrected chi connectivity index (χ1v) is 20.0. The van der Waals surface area contributed by atoms with Gasteiger partial charge in [0.05, 0.1) is 0 Å². The Morgan fingerprint density at radius 2 is 1.52 bits per heavy atom. The molecule has 9 aliphatic rings. The number of anilines is 1. The molecule has 7 aliphatic carbocycles. The van der Waals surface area contributed by atoms with Crippen LogP contribution in [0.4, 0.5) is 5.69 Å². The summed E-state index contributed by atoms with van der Waals surface area (Å²) in [5.41, 5.74) is 13.0. The van der Waals surface area contributed by atoms with Crippen molar-refractivity contribution in [2.45, 2.75) is 83.8 Å². The zero-order chi connectivity index (χ0) is 34.8. The molecule has 4 heteroatoms. The summed E-state index contributed by atoms with van der Waals surface area (Å²) in [4.78, 5) is 13.4. The Hall–Kier alpha value is -4.70. The van der Waals surface area contributed by atoms with Crippen molar-refractivity contribution < 1.29 is 0 Å². The van der Waals surface area contributed by atoms with E-state index in [9.17, 15) is 0 Å². The van der Waals surface area contributed by atoms with E-state index in [1.807, 2.05) is 0 Å². The summed E-state index contributed by atoms with van der Waals surface area (Å²) >= 11 is 0. The minimum absolute atomic E-state index is 0.140. The lowest BCUT2D eigenvalue weighted by Crippen LogP contribution is -2.41. The van der Waals surface area contributed by atoms with Gasteiger partial charge in [-0.15, -0.1) is 0 Å². The highest BCUT2D eigenvalue weighted by atomic mass is 15.2. The van der Waals surface area contributed by atoms with Gasteiger partial charge in [-0.2, -0.15) is 0 Å². The summed E-state index contributed by atoms with van der Waals surface area (Å²) in [6, 6.07) is 9.67. The third-order valence-electron chi connectivity index (χ3n) is 13.4. The fourth-order valence-corrected chi connectivity index (χ4v) is 10.9. The van der Waals surface area contributed by atoms with Crippen LogP contribution in [0.15, 0.2) is 159 Å². The van der Waals surface area contributed by atoms with E-state index in [1.54, 1.807) is 11.1 Å². The second kappa shape index (κ2) is 12.8. The maximum Gasteiger partial charge on any atom is 0.165 e. The quantitative estimate of drug-likeness (QED) is 0.321. The van der Waals surface area contributed by atoms with Gasteiger partial charge in [-0.25, -0.2) is 9.98 Å². The third kappa shape index (κ3) is 5.16.